The van der Waals surface area contributed by atoms with Gasteiger partial charge in [0.05, 0.1) is 0 Å². The van der Waals surface area contributed by atoms with Crippen LogP contribution in [0.1, 0.15) is 0 Å². The molecule has 2 N–H and O–H groups in total. The first-order valence-electron chi connectivity index (χ1n) is 3.08. The Bertz CT molecular complexity index is 118. The Labute approximate surface area is 68.3 Å². The largest absolute Gasteiger partial charge is 0.489 e. The van der Waals surface area contributed by atoms with Crippen molar-refractivity contribution in [1.82, 2.24) is 0 Å². The Hall–Kier alpha value is 0.234. The fraction of sp³-hybridized carbons (Fsp3) is 1.00. The molecule has 0 aliphatic carbocycles. The highest BCUT2D eigenvalue weighted by atomic mass is 28.5. The summed E-state index contributed by atoms with van der Waals surface area (Å²) < 4.78 is 14.6. The van der Waals surface area contributed by atoms with Gasteiger partial charge in [0.15, 0.2) is 0 Å². The molecule has 0 saturated carbocycles. The molecule has 0 bridgehead atoms. The van der Waals surface area contributed by atoms with Gasteiger partial charge in [-0.3, -0.25) is 0 Å². The Kier molecular flexibility index (Phi) is 3.84. The van der Waals surface area contributed by atoms with E-state index < -0.39 is 17.6 Å². The quantitative estimate of drug-likeness (QED) is 0.591. The Morgan fingerprint density at radius 1 is 1.00 bits per heavy atom. The molecule has 5 nitrogen and oxygen atoms in total. The second-order valence-electron chi connectivity index (χ2n) is 2.31. The van der Waals surface area contributed by atoms with Gasteiger partial charge in [-0.15, -0.1) is 0 Å². The van der Waals surface area contributed by atoms with Crippen LogP contribution in [-0.2, 0) is 13.0 Å². The summed E-state index contributed by atoms with van der Waals surface area (Å²) in [6, 6.07) is 0. The molecular formula is C4H14O5Si2. The van der Waals surface area contributed by atoms with Crippen LogP contribution >= 0.6 is 0 Å². The molecule has 0 aromatic heterocycles. The molecule has 0 spiro atoms. The van der Waals surface area contributed by atoms with Crippen LogP contribution in [-0.4, -0.2) is 41.4 Å². The van der Waals surface area contributed by atoms with Crippen LogP contribution < -0.4 is 0 Å². The molecule has 0 aliphatic heterocycles. The van der Waals surface area contributed by atoms with Gasteiger partial charge in [0, 0.05) is 27.3 Å². The lowest BCUT2D eigenvalue weighted by molar-refractivity contribution is 0.123. The van der Waals surface area contributed by atoms with Gasteiger partial charge >= 0.3 is 17.6 Å². The fourth-order valence-corrected chi connectivity index (χ4v) is 4.16. The van der Waals surface area contributed by atoms with E-state index in [0.29, 0.717) is 0 Å². The molecule has 0 unspecified atom stereocenters. The van der Waals surface area contributed by atoms with Crippen LogP contribution in [0.2, 0.25) is 13.1 Å². The first-order valence-corrected chi connectivity index (χ1v) is 7.61. The van der Waals surface area contributed by atoms with E-state index in [2.05, 4.69) is 0 Å². The molecule has 0 amide bonds. The number of hydrogen-bond acceptors (Lipinski definition) is 5. The van der Waals surface area contributed by atoms with Crippen LogP contribution in [0, 0.1) is 0 Å². The monoisotopic (exact) mass is 198 g/mol. The summed E-state index contributed by atoms with van der Waals surface area (Å²) in [6.07, 6.45) is 0. The van der Waals surface area contributed by atoms with E-state index in [1.54, 1.807) is 6.55 Å². The predicted molar refractivity (Wildman–Crippen MR) is 42.8 cm³/mol. The van der Waals surface area contributed by atoms with Gasteiger partial charge in [-0.2, -0.15) is 0 Å². The van der Waals surface area contributed by atoms with E-state index in [4.69, 9.17) is 22.6 Å². The Morgan fingerprint density at radius 2 is 1.36 bits per heavy atom. The molecule has 7 heteroatoms. The van der Waals surface area contributed by atoms with E-state index >= 15 is 0 Å². The molecule has 0 heterocycles. The lowest BCUT2D eigenvalue weighted by atomic mass is 11.8. The maximum Gasteiger partial charge on any atom is 0.489 e. The van der Waals surface area contributed by atoms with Gasteiger partial charge in [0.1, 0.15) is 0 Å². The van der Waals surface area contributed by atoms with E-state index in [-0.39, 0.29) is 0 Å². The van der Waals surface area contributed by atoms with Crippen molar-refractivity contribution in [2.24, 2.45) is 0 Å². The van der Waals surface area contributed by atoms with Crippen LogP contribution in [0.5, 0.6) is 0 Å². The lowest BCUT2D eigenvalue weighted by Crippen LogP contribution is -2.51. The zero-order valence-electron chi connectivity index (χ0n) is 7.12. The van der Waals surface area contributed by atoms with Crippen molar-refractivity contribution in [3.63, 3.8) is 0 Å². The van der Waals surface area contributed by atoms with Crippen LogP contribution in [0.25, 0.3) is 0 Å². The second kappa shape index (κ2) is 3.76. The molecule has 0 radical (unpaired) electrons. The summed E-state index contributed by atoms with van der Waals surface area (Å²) in [5.74, 6) is 0. The Morgan fingerprint density at radius 3 is 1.45 bits per heavy atom. The molecule has 68 valence electrons. The van der Waals surface area contributed by atoms with Crippen molar-refractivity contribution < 1.29 is 22.6 Å². The third-order valence-corrected chi connectivity index (χ3v) is 5.63. The lowest BCUT2D eigenvalue weighted by Gasteiger charge is -2.26. The van der Waals surface area contributed by atoms with Gasteiger partial charge in [-0.05, 0) is 0 Å². The summed E-state index contributed by atoms with van der Waals surface area (Å²) in [7, 11) is -3.47. The summed E-state index contributed by atoms with van der Waals surface area (Å²) in [4.78, 5) is 17.9. The summed E-state index contributed by atoms with van der Waals surface area (Å²) in [5, 5.41) is 0. The van der Waals surface area contributed by atoms with E-state index in [0.717, 1.165) is 0 Å². The molecular weight excluding hydrogens is 184 g/mol. The molecule has 0 fully saturated rings. The van der Waals surface area contributed by atoms with Gasteiger partial charge in [-0.25, -0.2) is 0 Å². The summed E-state index contributed by atoms with van der Waals surface area (Å²) in [6.45, 7) is 2.82. The first kappa shape index (κ1) is 11.2. The number of rotatable bonds is 4. The van der Waals surface area contributed by atoms with Gasteiger partial charge < -0.3 is 22.6 Å². The normalized spacial score (nSPS) is 13.6. The highest BCUT2D eigenvalue weighted by molar-refractivity contribution is 6.72. The highest BCUT2D eigenvalue weighted by Crippen LogP contribution is 2.10. The van der Waals surface area contributed by atoms with Crippen LogP contribution in [0.3, 0.4) is 0 Å². The minimum atomic E-state index is -3.52. The molecule has 0 aromatic carbocycles. The zero-order valence-corrected chi connectivity index (χ0v) is 9.12. The van der Waals surface area contributed by atoms with Crippen molar-refractivity contribution >= 4 is 17.6 Å². The van der Waals surface area contributed by atoms with Gasteiger partial charge in [0.25, 0.3) is 0 Å². The fourth-order valence-electron chi connectivity index (χ4n) is 0.518. The SMILES string of the molecule is CO[Si](C)(OC)O[Si](C)(O)O. The highest BCUT2D eigenvalue weighted by Gasteiger charge is 2.41. The first-order chi connectivity index (χ1) is 4.83. The molecule has 0 saturated heterocycles. The molecule has 0 aromatic rings. The van der Waals surface area contributed by atoms with Crippen molar-refractivity contribution in [2.45, 2.75) is 13.1 Å². The minimum absolute atomic E-state index is 1.23. The third-order valence-electron chi connectivity index (χ3n) is 1.12. The maximum absolute atomic E-state index is 8.96. The van der Waals surface area contributed by atoms with Crippen molar-refractivity contribution in [2.75, 3.05) is 14.2 Å². The molecule has 0 aliphatic rings. The molecule has 0 atom stereocenters. The van der Waals surface area contributed by atoms with Gasteiger partial charge in [0.2, 0.25) is 0 Å². The van der Waals surface area contributed by atoms with Gasteiger partial charge in [-0.1, -0.05) is 0 Å². The number of hydrogen-bond donors (Lipinski definition) is 2. The average Bonchev–Trinajstić information content (AvgIpc) is 1.84. The predicted octanol–water partition coefficient (Wildman–Crippen LogP) is -0.582. The average molecular weight is 198 g/mol. The smallest absolute Gasteiger partial charge is 0.390 e. The molecule has 11 heavy (non-hydrogen) atoms. The van der Waals surface area contributed by atoms with E-state index in [9.17, 15) is 0 Å². The second-order valence-corrected chi connectivity index (χ2v) is 7.53. The van der Waals surface area contributed by atoms with E-state index in [1.807, 2.05) is 0 Å². The summed E-state index contributed by atoms with van der Waals surface area (Å²) in [5.41, 5.74) is 0. The summed E-state index contributed by atoms with van der Waals surface area (Å²) >= 11 is 0. The van der Waals surface area contributed by atoms with Crippen LogP contribution in [0.4, 0.5) is 0 Å². The molecule has 0 rings (SSSR count). The Balaban J connectivity index is 4.08. The van der Waals surface area contributed by atoms with Crippen molar-refractivity contribution in [3.8, 4) is 0 Å². The minimum Gasteiger partial charge on any atom is -0.390 e. The van der Waals surface area contributed by atoms with Crippen molar-refractivity contribution in [3.05, 3.63) is 0 Å². The topological polar surface area (TPSA) is 68.2 Å². The standard InChI is InChI=1S/C4H14O5Si2/c1-7-11(4,8-2)9-10(3,5)6/h5-6H,1-4H3. The maximum atomic E-state index is 8.96. The van der Waals surface area contributed by atoms with Crippen LogP contribution in [0.15, 0.2) is 0 Å². The zero-order chi connectivity index (χ0) is 9.12. The third kappa shape index (κ3) is 4.64. The van der Waals surface area contributed by atoms with Crippen molar-refractivity contribution in [1.29, 1.82) is 0 Å². The van der Waals surface area contributed by atoms with E-state index in [1.165, 1.54) is 20.8 Å².